The highest BCUT2D eigenvalue weighted by Crippen LogP contribution is 2.17. The Balaban J connectivity index is 2.41. The predicted molar refractivity (Wildman–Crippen MR) is 72.4 cm³/mol. The molecule has 0 radical (unpaired) electrons. The molecule has 0 bridgehead atoms. The normalized spacial score (nSPS) is 12.4. The van der Waals surface area contributed by atoms with Gasteiger partial charge in [0.15, 0.2) is 0 Å². The number of nitrogens with zero attached hydrogens (tertiary/aromatic N) is 2. The van der Waals surface area contributed by atoms with Crippen LogP contribution in [0.5, 0.6) is 5.75 Å². The summed E-state index contributed by atoms with van der Waals surface area (Å²) in [5.74, 6) is 0.518. The molecule has 6 nitrogen and oxygen atoms in total. The number of aliphatic hydroxyl groups excluding tert-OH is 1. The molecule has 0 aliphatic carbocycles. The lowest BCUT2D eigenvalue weighted by atomic mass is 10.3. The van der Waals surface area contributed by atoms with Crippen molar-refractivity contribution in [3.63, 3.8) is 0 Å². The van der Waals surface area contributed by atoms with Gasteiger partial charge >= 0.3 is 0 Å². The van der Waals surface area contributed by atoms with Gasteiger partial charge in [0.1, 0.15) is 18.5 Å². The number of likely N-dealkylation sites (N-methyl/N-ethyl adjacent to an activating group) is 1. The highest BCUT2D eigenvalue weighted by atomic mass is 16.6. The van der Waals surface area contributed by atoms with Crippen molar-refractivity contribution >= 4 is 5.69 Å². The molecule has 1 rings (SSSR count). The molecule has 6 heteroatoms. The molecule has 106 valence electrons. The molecular weight excluding hydrogens is 248 g/mol. The molecule has 0 heterocycles. The van der Waals surface area contributed by atoms with Crippen LogP contribution >= 0.6 is 0 Å². The first-order chi connectivity index (χ1) is 9.06. The largest absolute Gasteiger partial charge is 0.491 e. The molecule has 19 heavy (non-hydrogen) atoms. The number of ether oxygens (including phenoxy) is 1. The lowest BCUT2D eigenvalue weighted by Gasteiger charge is -2.21. The Bertz CT molecular complexity index is 390. The van der Waals surface area contributed by atoms with Gasteiger partial charge in [0.25, 0.3) is 5.69 Å². The van der Waals surface area contributed by atoms with E-state index >= 15 is 0 Å². The van der Waals surface area contributed by atoms with E-state index in [1.54, 1.807) is 0 Å². The van der Waals surface area contributed by atoms with Crippen LogP contribution in [0.3, 0.4) is 0 Å². The van der Waals surface area contributed by atoms with Crippen LogP contribution in [0.25, 0.3) is 0 Å². The molecule has 0 spiro atoms. The lowest BCUT2D eigenvalue weighted by molar-refractivity contribution is -0.384. The topological polar surface area (TPSA) is 75.8 Å². The molecule has 1 N–H and O–H groups in total. The maximum atomic E-state index is 10.5. The molecule has 0 aliphatic rings. The Hall–Kier alpha value is -1.66. The summed E-state index contributed by atoms with van der Waals surface area (Å²) >= 11 is 0. The van der Waals surface area contributed by atoms with E-state index in [1.165, 1.54) is 24.3 Å². The van der Waals surface area contributed by atoms with Gasteiger partial charge in [0.2, 0.25) is 0 Å². The van der Waals surface area contributed by atoms with Gasteiger partial charge in [0, 0.05) is 18.7 Å². The molecule has 0 saturated carbocycles. The van der Waals surface area contributed by atoms with Crippen molar-refractivity contribution < 1.29 is 14.8 Å². The van der Waals surface area contributed by atoms with Crippen LogP contribution in [0.4, 0.5) is 5.69 Å². The van der Waals surface area contributed by atoms with Gasteiger partial charge in [-0.3, -0.25) is 10.1 Å². The van der Waals surface area contributed by atoms with Crippen molar-refractivity contribution in [2.24, 2.45) is 0 Å². The molecule has 1 atom stereocenters. The monoisotopic (exact) mass is 268 g/mol. The summed E-state index contributed by atoms with van der Waals surface area (Å²) in [5, 5.41) is 20.3. The van der Waals surface area contributed by atoms with Crippen molar-refractivity contribution in [3.05, 3.63) is 34.4 Å². The second-order valence-electron chi connectivity index (χ2n) is 4.20. The molecule has 0 amide bonds. The molecule has 0 unspecified atom stereocenters. The third kappa shape index (κ3) is 5.23. The Morgan fingerprint density at radius 2 is 1.89 bits per heavy atom. The number of nitro benzene ring substituents is 1. The van der Waals surface area contributed by atoms with E-state index < -0.39 is 11.0 Å². The maximum absolute atomic E-state index is 10.5. The first-order valence-corrected chi connectivity index (χ1v) is 6.34. The zero-order chi connectivity index (χ0) is 14.3. The van der Waals surface area contributed by atoms with Gasteiger partial charge < -0.3 is 14.7 Å². The number of benzene rings is 1. The highest BCUT2D eigenvalue weighted by molar-refractivity contribution is 5.35. The number of nitro groups is 1. The van der Waals surface area contributed by atoms with Crippen LogP contribution < -0.4 is 4.74 Å². The van der Waals surface area contributed by atoms with Gasteiger partial charge in [-0.1, -0.05) is 13.8 Å². The van der Waals surface area contributed by atoms with Gasteiger partial charge in [0.05, 0.1) is 4.92 Å². The van der Waals surface area contributed by atoms with Crippen LogP contribution in [0.1, 0.15) is 13.8 Å². The number of aliphatic hydroxyl groups is 1. The lowest BCUT2D eigenvalue weighted by Crippen LogP contribution is -2.35. The van der Waals surface area contributed by atoms with Gasteiger partial charge in [-0.05, 0) is 25.2 Å². The Morgan fingerprint density at radius 3 is 2.37 bits per heavy atom. The van der Waals surface area contributed by atoms with Gasteiger partial charge in [-0.2, -0.15) is 0 Å². The minimum Gasteiger partial charge on any atom is -0.491 e. The minimum atomic E-state index is -0.574. The molecule has 0 aromatic heterocycles. The van der Waals surface area contributed by atoms with E-state index in [2.05, 4.69) is 4.90 Å². The SMILES string of the molecule is CCN(CC)C[C@H](O)COc1ccc([N+](=O)[O-])cc1. The molecular formula is C13H20N2O4. The Morgan fingerprint density at radius 1 is 1.32 bits per heavy atom. The third-order valence-electron chi connectivity index (χ3n) is 2.85. The fourth-order valence-corrected chi connectivity index (χ4v) is 1.69. The van der Waals surface area contributed by atoms with Crippen molar-refractivity contribution in [3.8, 4) is 5.75 Å². The standard InChI is InChI=1S/C13H20N2O4/c1-3-14(4-2)9-12(16)10-19-13-7-5-11(6-8-13)15(17)18/h5-8,12,16H,3-4,9-10H2,1-2H3/t12-/m0/s1. The highest BCUT2D eigenvalue weighted by Gasteiger charge is 2.10. The zero-order valence-corrected chi connectivity index (χ0v) is 11.3. The van der Waals surface area contributed by atoms with Crippen molar-refractivity contribution in [1.29, 1.82) is 0 Å². The van der Waals surface area contributed by atoms with Gasteiger partial charge in [-0.15, -0.1) is 0 Å². The summed E-state index contributed by atoms with van der Waals surface area (Å²) in [4.78, 5) is 12.1. The third-order valence-corrected chi connectivity index (χ3v) is 2.85. The second kappa shape index (κ2) is 7.70. The summed E-state index contributed by atoms with van der Waals surface area (Å²) in [5.41, 5.74) is 0.0241. The van der Waals surface area contributed by atoms with E-state index in [1.807, 2.05) is 13.8 Å². The van der Waals surface area contributed by atoms with Crippen LogP contribution in [0.2, 0.25) is 0 Å². The predicted octanol–water partition coefficient (Wildman–Crippen LogP) is 1.68. The summed E-state index contributed by atoms with van der Waals surface area (Å²) in [6.07, 6.45) is -0.574. The first-order valence-electron chi connectivity index (χ1n) is 6.34. The van der Waals surface area contributed by atoms with E-state index in [4.69, 9.17) is 4.74 Å². The molecule has 0 fully saturated rings. The van der Waals surface area contributed by atoms with E-state index in [0.717, 1.165) is 13.1 Å². The zero-order valence-electron chi connectivity index (χ0n) is 11.3. The van der Waals surface area contributed by atoms with Crippen LogP contribution in [0.15, 0.2) is 24.3 Å². The average molecular weight is 268 g/mol. The molecule has 1 aromatic carbocycles. The van der Waals surface area contributed by atoms with Gasteiger partial charge in [-0.25, -0.2) is 0 Å². The van der Waals surface area contributed by atoms with E-state index in [-0.39, 0.29) is 12.3 Å². The molecule has 0 aliphatic heterocycles. The average Bonchev–Trinajstić information content (AvgIpc) is 2.43. The Labute approximate surface area is 112 Å². The minimum absolute atomic E-state index is 0.0241. The van der Waals surface area contributed by atoms with Crippen molar-refractivity contribution in [2.45, 2.75) is 20.0 Å². The number of non-ortho nitro benzene ring substituents is 1. The van der Waals surface area contributed by atoms with Crippen LogP contribution in [-0.2, 0) is 0 Å². The van der Waals surface area contributed by atoms with E-state index in [0.29, 0.717) is 12.3 Å². The fourth-order valence-electron chi connectivity index (χ4n) is 1.69. The van der Waals surface area contributed by atoms with Crippen molar-refractivity contribution in [2.75, 3.05) is 26.2 Å². The second-order valence-corrected chi connectivity index (χ2v) is 4.20. The maximum Gasteiger partial charge on any atom is 0.269 e. The fraction of sp³-hybridized carbons (Fsp3) is 0.538. The Kier molecular flexibility index (Phi) is 6.24. The number of hydrogen-bond acceptors (Lipinski definition) is 5. The molecule has 1 aromatic rings. The van der Waals surface area contributed by atoms with Crippen molar-refractivity contribution in [1.82, 2.24) is 4.90 Å². The summed E-state index contributed by atoms with van der Waals surface area (Å²) in [6.45, 7) is 6.56. The summed E-state index contributed by atoms with van der Waals surface area (Å²) in [6, 6.07) is 5.82. The summed E-state index contributed by atoms with van der Waals surface area (Å²) < 4.78 is 5.39. The molecule has 0 saturated heterocycles. The smallest absolute Gasteiger partial charge is 0.269 e. The van der Waals surface area contributed by atoms with Crippen LogP contribution in [0, 0.1) is 10.1 Å². The first kappa shape index (κ1) is 15.4. The number of rotatable bonds is 8. The van der Waals surface area contributed by atoms with E-state index in [9.17, 15) is 15.2 Å². The number of hydrogen-bond donors (Lipinski definition) is 1. The van der Waals surface area contributed by atoms with Crippen LogP contribution in [-0.4, -0.2) is 47.3 Å². The quantitative estimate of drug-likeness (QED) is 0.573. The summed E-state index contributed by atoms with van der Waals surface area (Å²) in [7, 11) is 0.